The summed E-state index contributed by atoms with van der Waals surface area (Å²) in [6.45, 7) is 0.720. The van der Waals surface area contributed by atoms with Gasteiger partial charge in [0.1, 0.15) is 0 Å². The molecule has 0 aliphatic carbocycles. The van der Waals surface area contributed by atoms with E-state index in [2.05, 4.69) is 5.32 Å². The Balaban J connectivity index is 1.83. The van der Waals surface area contributed by atoms with Crippen LogP contribution in [0.1, 0.15) is 25.7 Å². The van der Waals surface area contributed by atoms with Gasteiger partial charge in [-0.05, 0) is 25.0 Å². The van der Waals surface area contributed by atoms with E-state index < -0.39 is 11.4 Å². The van der Waals surface area contributed by atoms with Gasteiger partial charge in [-0.15, -0.1) is 0 Å². The van der Waals surface area contributed by atoms with E-state index >= 15 is 0 Å². The van der Waals surface area contributed by atoms with Gasteiger partial charge < -0.3 is 20.1 Å². The first kappa shape index (κ1) is 18.2. The zero-order chi connectivity index (χ0) is 17.6. The Kier molecular flexibility index (Phi) is 6.14. The quantitative estimate of drug-likeness (QED) is 0.814. The number of piperidine rings is 1. The van der Waals surface area contributed by atoms with Crippen LogP contribution in [0.3, 0.4) is 0 Å². The van der Waals surface area contributed by atoms with Crippen molar-refractivity contribution in [1.29, 1.82) is 0 Å². The minimum absolute atomic E-state index is 0.0288. The van der Waals surface area contributed by atoms with Gasteiger partial charge in [0.15, 0.2) is 11.6 Å². The largest absolute Gasteiger partial charge is 0.490 e. The minimum atomic E-state index is -1.19. The number of likely N-dealkylation sites (tertiary alicyclic amines) is 1. The third-order valence-electron chi connectivity index (χ3n) is 4.09. The minimum Gasteiger partial charge on any atom is -0.490 e. The van der Waals surface area contributed by atoms with Crippen molar-refractivity contribution in [2.24, 2.45) is 0 Å². The fourth-order valence-corrected chi connectivity index (χ4v) is 2.82. The summed E-state index contributed by atoms with van der Waals surface area (Å²) in [6, 6.07) is 6.02. The van der Waals surface area contributed by atoms with Crippen LogP contribution < -0.4 is 10.1 Å². The molecule has 0 bridgehead atoms. The maximum Gasteiger partial charge on any atom is 0.226 e. The molecule has 1 unspecified atom stereocenters. The Morgan fingerprint density at radius 3 is 2.88 bits per heavy atom. The molecule has 2 rings (SSSR count). The highest BCUT2D eigenvalue weighted by Crippen LogP contribution is 2.25. The number of benzene rings is 1. The van der Waals surface area contributed by atoms with Gasteiger partial charge >= 0.3 is 0 Å². The van der Waals surface area contributed by atoms with Gasteiger partial charge in [0.25, 0.3) is 0 Å². The Morgan fingerprint density at radius 2 is 2.17 bits per heavy atom. The van der Waals surface area contributed by atoms with Gasteiger partial charge in [-0.2, -0.15) is 0 Å². The fourth-order valence-electron chi connectivity index (χ4n) is 2.82. The number of carbonyl (C=O) groups is 2. The number of carbonyl (C=O) groups excluding carboxylic acids is 2. The molecule has 1 aliphatic rings. The molecule has 1 heterocycles. The number of rotatable bonds is 6. The number of para-hydroxylation sites is 1. The molecular formula is C17H23FN2O4. The van der Waals surface area contributed by atoms with Gasteiger partial charge in [-0.1, -0.05) is 12.1 Å². The lowest BCUT2D eigenvalue weighted by atomic mass is 9.89. The second-order valence-electron chi connectivity index (χ2n) is 6.02. The van der Waals surface area contributed by atoms with Gasteiger partial charge in [-0.25, -0.2) is 4.39 Å². The van der Waals surface area contributed by atoms with Crippen LogP contribution in [0.15, 0.2) is 24.3 Å². The smallest absolute Gasteiger partial charge is 0.226 e. The van der Waals surface area contributed by atoms with E-state index in [-0.39, 0.29) is 43.6 Å². The van der Waals surface area contributed by atoms with E-state index in [1.807, 2.05) is 0 Å². The Hall–Kier alpha value is -2.15. The zero-order valence-corrected chi connectivity index (χ0v) is 13.8. The number of hydrogen-bond acceptors (Lipinski definition) is 4. The molecule has 1 aromatic rings. The zero-order valence-electron chi connectivity index (χ0n) is 13.8. The summed E-state index contributed by atoms with van der Waals surface area (Å²) in [4.78, 5) is 25.3. The number of hydrogen-bond donors (Lipinski definition) is 2. The number of ether oxygens (including phenoxy) is 1. The van der Waals surface area contributed by atoms with E-state index in [4.69, 9.17) is 4.74 Å². The summed E-state index contributed by atoms with van der Waals surface area (Å²) in [7, 11) is 1.51. The summed E-state index contributed by atoms with van der Waals surface area (Å²) in [6.07, 6.45) is 1.17. The predicted octanol–water partition coefficient (Wildman–Crippen LogP) is 1.08. The molecule has 132 valence electrons. The van der Waals surface area contributed by atoms with Gasteiger partial charge in [0.05, 0.1) is 25.0 Å². The SMILES string of the molecule is CNC(=O)CC1(O)CCCN(C(=O)CCOc2ccccc2F)C1. The van der Waals surface area contributed by atoms with Crippen molar-refractivity contribution in [3.05, 3.63) is 30.1 Å². The number of amides is 2. The number of β-amino-alcohol motifs (C(OH)–C–C–N with tert-alkyl or cyclic N) is 1. The molecule has 6 nitrogen and oxygen atoms in total. The van der Waals surface area contributed by atoms with Gasteiger partial charge in [0.2, 0.25) is 11.8 Å². The topological polar surface area (TPSA) is 78.9 Å². The van der Waals surface area contributed by atoms with Gasteiger partial charge in [-0.3, -0.25) is 9.59 Å². The molecule has 1 aromatic carbocycles. The van der Waals surface area contributed by atoms with Crippen LogP contribution in [-0.4, -0.2) is 54.2 Å². The van der Waals surface area contributed by atoms with Gasteiger partial charge in [0, 0.05) is 20.1 Å². The van der Waals surface area contributed by atoms with Crippen molar-refractivity contribution in [2.75, 3.05) is 26.7 Å². The first-order valence-corrected chi connectivity index (χ1v) is 8.01. The summed E-state index contributed by atoms with van der Waals surface area (Å²) in [5.41, 5.74) is -1.19. The predicted molar refractivity (Wildman–Crippen MR) is 86.0 cm³/mol. The van der Waals surface area contributed by atoms with E-state index in [1.54, 1.807) is 12.1 Å². The third kappa shape index (κ3) is 4.92. The number of nitrogens with one attached hydrogen (secondary N) is 1. The van der Waals surface area contributed by atoms with E-state index in [0.717, 1.165) is 0 Å². The van der Waals surface area contributed by atoms with Crippen molar-refractivity contribution >= 4 is 11.8 Å². The summed E-state index contributed by atoms with van der Waals surface area (Å²) >= 11 is 0. The fraction of sp³-hybridized carbons (Fsp3) is 0.529. The van der Waals surface area contributed by atoms with Crippen molar-refractivity contribution in [2.45, 2.75) is 31.3 Å². The average molecular weight is 338 g/mol. The van der Waals surface area contributed by atoms with Crippen LogP contribution in [0.4, 0.5) is 4.39 Å². The molecule has 0 aromatic heterocycles. The van der Waals surface area contributed by atoms with Crippen molar-refractivity contribution in [3.8, 4) is 5.75 Å². The summed E-state index contributed by atoms with van der Waals surface area (Å²) in [5, 5.41) is 13.0. The molecule has 2 amide bonds. The van der Waals surface area contributed by atoms with Crippen LogP contribution in [0.5, 0.6) is 5.75 Å². The lowest BCUT2D eigenvalue weighted by Crippen LogP contribution is -2.52. The van der Waals surface area contributed by atoms with Crippen LogP contribution in [0, 0.1) is 5.82 Å². The second kappa shape index (κ2) is 8.10. The lowest BCUT2D eigenvalue weighted by molar-refractivity contribution is -0.142. The highest BCUT2D eigenvalue weighted by atomic mass is 19.1. The maximum atomic E-state index is 13.4. The van der Waals surface area contributed by atoms with Crippen molar-refractivity contribution < 1.29 is 23.8 Å². The summed E-state index contributed by atoms with van der Waals surface area (Å²) in [5.74, 6) is -0.793. The Morgan fingerprint density at radius 1 is 1.42 bits per heavy atom. The normalized spacial score (nSPS) is 20.5. The number of nitrogens with zero attached hydrogens (tertiary/aromatic N) is 1. The highest BCUT2D eigenvalue weighted by molar-refractivity contribution is 5.78. The molecule has 0 spiro atoms. The molecular weight excluding hydrogens is 315 g/mol. The molecule has 1 aliphatic heterocycles. The highest BCUT2D eigenvalue weighted by Gasteiger charge is 2.36. The molecule has 1 fully saturated rings. The van der Waals surface area contributed by atoms with Crippen molar-refractivity contribution in [3.63, 3.8) is 0 Å². The Labute approximate surface area is 140 Å². The van der Waals surface area contributed by atoms with Crippen LogP contribution in [0.2, 0.25) is 0 Å². The number of aliphatic hydroxyl groups is 1. The van der Waals surface area contributed by atoms with Crippen LogP contribution in [0.25, 0.3) is 0 Å². The van der Waals surface area contributed by atoms with Crippen LogP contribution in [-0.2, 0) is 9.59 Å². The molecule has 7 heteroatoms. The summed E-state index contributed by atoms with van der Waals surface area (Å²) < 4.78 is 18.7. The molecule has 1 saturated heterocycles. The van der Waals surface area contributed by atoms with E-state index in [1.165, 1.54) is 24.1 Å². The third-order valence-corrected chi connectivity index (χ3v) is 4.09. The van der Waals surface area contributed by atoms with Crippen LogP contribution >= 0.6 is 0 Å². The molecule has 24 heavy (non-hydrogen) atoms. The molecule has 2 N–H and O–H groups in total. The first-order chi connectivity index (χ1) is 11.4. The molecule has 1 atom stereocenters. The monoisotopic (exact) mass is 338 g/mol. The molecule has 0 saturated carbocycles. The van der Waals surface area contributed by atoms with E-state index in [9.17, 15) is 19.1 Å². The maximum absolute atomic E-state index is 13.4. The first-order valence-electron chi connectivity index (χ1n) is 8.01. The lowest BCUT2D eigenvalue weighted by Gasteiger charge is -2.38. The molecule has 0 radical (unpaired) electrons. The average Bonchev–Trinajstić information content (AvgIpc) is 2.56. The van der Waals surface area contributed by atoms with Crippen molar-refractivity contribution in [1.82, 2.24) is 10.2 Å². The van der Waals surface area contributed by atoms with E-state index in [0.29, 0.717) is 19.4 Å². The standard InChI is InChI=1S/C17H23FN2O4/c1-19-15(21)11-17(23)8-4-9-20(12-17)16(22)7-10-24-14-6-3-2-5-13(14)18/h2-3,5-6,23H,4,7-12H2,1H3,(H,19,21). The Bertz CT molecular complexity index is 596. The second-order valence-corrected chi connectivity index (χ2v) is 6.02. The number of halogens is 1.